The summed E-state index contributed by atoms with van der Waals surface area (Å²) < 4.78 is 0. The molecule has 0 heterocycles. The number of carboxylic acids is 1. The number of hydrogen-bond acceptors (Lipinski definition) is 3. The van der Waals surface area contributed by atoms with Crippen LogP contribution in [-0.4, -0.2) is 36.5 Å². The van der Waals surface area contributed by atoms with E-state index >= 15 is 0 Å². The molecule has 0 radical (unpaired) electrons. The first-order valence-electron chi connectivity index (χ1n) is 8.32. The van der Waals surface area contributed by atoms with E-state index in [4.69, 9.17) is 5.11 Å². The Balaban J connectivity index is 1.77. The first-order chi connectivity index (χ1) is 11.5. The van der Waals surface area contributed by atoms with Gasteiger partial charge in [0, 0.05) is 25.1 Å². The lowest BCUT2D eigenvalue weighted by atomic mass is 9.81. The molecular weight excluding hydrogens is 308 g/mol. The lowest BCUT2D eigenvalue weighted by Gasteiger charge is -2.25. The topological polar surface area (TPSA) is 95.5 Å². The number of carbonyl (C=O) groups is 3. The predicted octanol–water partition coefficient (Wildman–Crippen LogP) is 1.60. The number of carboxylic acid groups (broad SMARTS) is 1. The molecule has 6 nitrogen and oxygen atoms in total. The second kappa shape index (κ2) is 8.47. The highest BCUT2D eigenvalue weighted by Crippen LogP contribution is 2.28. The third kappa shape index (κ3) is 4.81. The van der Waals surface area contributed by atoms with Gasteiger partial charge in [0.15, 0.2) is 0 Å². The van der Waals surface area contributed by atoms with Gasteiger partial charge in [-0.05, 0) is 49.8 Å². The van der Waals surface area contributed by atoms with Crippen LogP contribution in [0.1, 0.15) is 41.6 Å². The van der Waals surface area contributed by atoms with Crippen LogP contribution < -0.4 is 10.6 Å². The van der Waals surface area contributed by atoms with Crippen molar-refractivity contribution in [2.24, 2.45) is 11.8 Å². The van der Waals surface area contributed by atoms with Crippen molar-refractivity contribution in [1.82, 2.24) is 10.6 Å². The Labute approximate surface area is 141 Å². The third-order valence-electron chi connectivity index (χ3n) is 4.58. The molecule has 1 fully saturated rings. The largest absolute Gasteiger partial charge is 0.481 e. The van der Waals surface area contributed by atoms with Crippen LogP contribution in [0.5, 0.6) is 0 Å². The van der Waals surface area contributed by atoms with E-state index in [1.165, 1.54) is 0 Å². The third-order valence-corrected chi connectivity index (χ3v) is 4.58. The van der Waals surface area contributed by atoms with E-state index in [9.17, 15) is 14.4 Å². The number of aliphatic carboxylic acids is 1. The van der Waals surface area contributed by atoms with E-state index in [2.05, 4.69) is 10.6 Å². The molecule has 3 N–H and O–H groups in total. The minimum absolute atomic E-state index is 0.00120. The minimum Gasteiger partial charge on any atom is -0.481 e. The van der Waals surface area contributed by atoms with Gasteiger partial charge < -0.3 is 15.7 Å². The summed E-state index contributed by atoms with van der Waals surface area (Å²) in [5.41, 5.74) is 1.60. The maximum absolute atomic E-state index is 12.2. The van der Waals surface area contributed by atoms with E-state index in [1.54, 1.807) is 13.1 Å². The monoisotopic (exact) mass is 332 g/mol. The van der Waals surface area contributed by atoms with Gasteiger partial charge in [-0.25, -0.2) is 0 Å². The highest BCUT2D eigenvalue weighted by molar-refractivity contribution is 5.94. The average molecular weight is 332 g/mol. The molecule has 0 aromatic heterocycles. The predicted molar refractivity (Wildman–Crippen MR) is 89.6 cm³/mol. The van der Waals surface area contributed by atoms with Gasteiger partial charge in [0.2, 0.25) is 5.91 Å². The lowest BCUT2D eigenvalue weighted by molar-refractivity contribution is -0.144. The average Bonchev–Trinajstić information content (AvgIpc) is 2.61. The van der Waals surface area contributed by atoms with E-state index in [0.717, 1.165) is 5.56 Å². The number of amides is 2. The summed E-state index contributed by atoms with van der Waals surface area (Å²) in [4.78, 5) is 34.7. The molecule has 1 aromatic rings. The Bertz CT molecular complexity index is 607. The molecule has 130 valence electrons. The Morgan fingerprint density at radius 1 is 1.12 bits per heavy atom. The number of rotatable bonds is 6. The van der Waals surface area contributed by atoms with Gasteiger partial charge in [-0.2, -0.15) is 0 Å². The van der Waals surface area contributed by atoms with Gasteiger partial charge in [-0.3, -0.25) is 14.4 Å². The molecule has 2 amide bonds. The molecule has 1 aliphatic carbocycles. The van der Waals surface area contributed by atoms with Gasteiger partial charge >= 0.3 is 5.97 Å². The maximum atomic E-state index is 12.2. The van der Waals surface area contributed by atoms with Gasteiger partial charge in [0.25, 0.3) is 5.91 Å². The molecule has 0 bridgehead atoms. The summed E-state index contributed by atoms with van der Waals surface area (Å²) in [5.74, 6) is -1.28. The smallest absolute Gasteiger partial charge is 0.306 e. The highest BCUT2D eigenvalue weighted by Gasteiger charge is 2.29. The first-order valence-corrected chi connectivity index (χ1v) is 8.32. The number of carbonyl (C=O) groups excluding carboxylic acids is 2. The van der Waals surface area contributed by atoms with Crippen LogP contribution in [0.3, 0.4) is 0 Å². The zero-order chi connectivity index (χ0) is 17.5. The van der Waals surface area contributed by atoms with Crippen molar-refractivity contribution in [2.45, 2.75) is 32.1 Å². The molecule has 0 atom stereocenters. The van der Waals surface area contributed by atoms with Crippen molar-refractivity contribution in [3.8, 4) is 0 Å². The van der Waals surface area contributed by atoms with Crippen molar-refractivity contribution >= 4 is 17.8 Å². The van der Waals surface area contributed by atoms with E-state index in [0.29, 0.717) is 44.2 Å². The maximum Gasteiger partial charge on any atom is 0.306 e. The summed E-state index contributed by atoms with van der Waals surface area (Å²) in [5, 5.41) is 14.5. The Kier molecular flexibility index (Phi) is 6.35. The molecule has 1 aromatic carbocycles. The molecule has 6 heteroatoms. The lowest BCUT2D eigenvalue weighted by Crippen LogP contribution is -2.35. The second-order valence-corrected chi connectivity index (χ2v) is 6.21. The van der Waals surface area contributed by atoms with Gasteiger partial charge in [0.1, 0.15) is 0 Å². The molecule has 1 saturated carbocycles. The molecule has 0 unspecified atom stereocenters. The molecule has 0 spiro atoms. The van der Waals surface area contributed by atoms with Gasteiger partial charge in [-0.15, -0.1) is 0 Å². The molecule has 24 heavy (non-hydrogen) atoms. The fourth-order valence-electron chi connectivity index (χ4n) is 3.09. The van der Waals surface area contributed by atoms with Crippen LogP contribution in [-0.2, 0) is 16.0 Å². The van der Waals surface area contributed by atoms with Crippen LogP contribution in [0.15, 0.2) is 24.3 Å². The van der Waals surface area contributed by atoms with Crippen LogP contribution >= 0.6 is 0 Å². The molecule has 0 aliphatic heterocycles. The fraction of sp³-hybridized carbons (Fsp3) is 0.500. The molecule has 2 rings (SSSR count). The van der Waals surface area contributed by atoms with Crippen LogP contribution in [0.4, 0.5) is 0 Å². The van der Waals surface area contributed by atoms with Crippen LogP contribution in [0, 0.1) is 11.8 Å². The van der Waals surface area contributed by atoms with Crippen molar-refractivity contribution < 1.29 is 19.5 Å². The zero-order valence-electron chi connectivity index (χ0n) is 13.9. The molecule has 1 aliphatic rings. The van der Waals surface area contributed by atoms with Crippen molar-refractivity contribution in [1.29, 1.82) is 0 Å². The fourth-order valence-corrected chi connectivity index (χ4v) is 3.09. The standard InChI is InChI=1S/C18H24N2O4/c1-19-16(21)15-4-2-3-12(11-15)9-10-20-17(22)13-5-7-14(8-6-13)18(23)24/h2-4,11,13-14H,5-10H2,1H3,(H,19,21)(H,20,22)(H,23,24). The van der Waals surface area contributed by atoms with Gasteiger partial charge in [-0.1, -0.05) is 12.1 Å². The first kappa shape index (κ1) is 18.0. The second-order valence-electron chi connectivity index (χ2n) is 6.21. The normalized spacial score (nSPS) is 20.2. The highest BCUT2D eigenvalue weighted by atomic mass is 16.4. The molecular formula is C18H24N2O4. The minimum atomic E-state index is -0.759. The van der Waals surface area contributed by atoms with Crippen molar-refractivity contribution in [2.75, 3.05) is 13.6 Å². The Hall–Kier alpha value is -2.37. The van der Waals surface area contributed by atoms with E-state index in [-0.39, 0.29) is 23.7 Å². The summed E-state index contributed by atoms with van der Waals surface area (Å²) >= 11 is 0. The van der Waals surface area contributed by atoms with Crippen molar-refractivity contribution in [3.63, 3.8) is 0 Å². The SMILES string of the molecule is CNC(=O)c1cccc(CCNC(=O)C2CCC(C(=O)O)CC2)c1. The zero-order valence-corrected chi connectivity index (χ0v) is 13.9. The summed E-state index contributed by atoms with van der Waals surface area (Å²) in [7, 11) is 1.59. The Morgan fingerprint density at radius 3 is 2.42 bits per heavy atom. The number of hydrogen-bond donors (Lipinski definition) is 3. The van der Waals surface area contributed by atoms with Crippen LogP contribution in [0.2, 0.25) is 0 Å². The summed E-state index contributed by atoms with van der Waals surface area (Å²) in [6, 6.07) is 7.33. The van der Waals surface area contributed by atoms with E-state index < -0.39 is 5.97 Å². The summed E-state index contributed by atoms with van der Waals surface area (Å²) in [6.07, 6.45) is 3.06. The molecule has 0 saturated heterocycles. The number of benzene rings is 1. The quantitative estimate of drug-likeness (QED) is 0.737. The van der Waals surface area contributed by atoms with Gasteiger partial charge in [0.05, 0.1) is 5.92 Å². The van der Waals surface area contributed by atoms with Crippen molar-refractivity contribution in [3.05, 3.63) is 35.4 Å². The number of nitrogens with one attached hydrogen (secondary N) is 2. The van der Waals surface area contributed by atoms with E-state index in [1.807, 2.05) is 18.2 Å². The van der Waals surface area contributed by atoms with Crippen LogP contribution in [0.25, 0.3) is 0 Å². The summed E-state index contributed by atoms with van der Waals surface area (Å²) in [6.45, 7) is 0.509. The Morgan fingerprint density at radius 2 is 1.79 bits per heavy atom.